The fourth-order valence-corrected chi connectivity index (χ4v) is 2.24. The highest BCUT2D eigenvalue weighted by atomic mass is 19.1. The molecule has 0 aromatic heterocycles. The van der Waals surface area contributed by atoms with Gasteiger partial charge in [-0.15, -0.1) is 0 Å². The van der Waals surface area contributed by atoms with E-state index in [1.54, 1.807) is 0 Å². The zero-order valence-electron chi connectivity index (χ0n) is 10.2. The molecule has 1 aromatic carbocycles. The van der Waals surface area contributed by atoms with Crippen LogP contribution in [-0.2, 0) is 0 Å². The second kappa shape index (κ2) is 5.89. The number of hydrogen-bond donors (Lipinski definition) is 0. The number of carbonyl (C=O) groups excluding carboxylic acids is 1. The van der Waals surface area contributed by atoms with Gasteiger partial charge in [0.05, 0.1) is 5.56 Å². The third-order valence-electron chi connectivity index (χ3n) is 3.26. The number of carbonyl (C=O) groups is 1. The van der Waals surface area contributed by atoms with Gasteiger partial charge in [0.25, 0.3) is 0 Å². The summed E-state index contributed by atoms with van der Waals surface area (Å²) in [6.07, 6.45) is 7.78. The summed E-state index contributed by atoms with van der Waals surface area (Å²) in [7, 11) is 0. The maximum absolute atomic E-state index is 13.5. The molecule has 96 valence electrons. The Morgan fingerprint density at radius 1 is 1.06 bits per heavy atom. The Hall–Kier alpha value is -1.51. The summed E-state index contributed by atoms with van der Waals surface area (Å²) in [5.41, 5.74) is 0.642. The average Bonchev–Trinajstić information content (AvgIpc) is 2.27. The smallest absolute Gasteiger partial charge is 0.191 e. The van der Waals surface area contributed by atoms with Crippen LogP contribution in [0.1, 0.15) is 48.9 Å². The number of allylic oxidation sites excluding steroid dienone is 2. The summed E-state index contributed by atoms with van der Waals surface area (Å²) in [6, 6.07) is 3.11. The minimum absolute atomic E-state index is 0.0248. The molecule has 0 fully saturated rings. The first-order valence-electron chi connectivity index (χ1n) is 6.37. The monoisotopic (exact) mass is 250 g/mol. The standard InChI is InChI=1S/C15H16F2O/c16-12-8-9-13(14(17)10-12)15(18)11-6-4-2-1-3-5-7-11/h6,8-10H,1-5,7H2/b11-6+. The highest BCUT2D eigenvalue weighted by Gasteiger charge is 2.17. The van der Waals surface area contributed by atoms with Crippen molar-refractivity contribution in [2.75, 3.05) is 0 Å². The van der Waals surface area contributed by atoms with E-state index >= 15 is 0 Å². The first-order chi connectivity index (χ1) is 8.68. The summed E-state index contributed by atoms with van der Waals surface area (Å²) in [6.45, 7) is 0. The molecular weight excluding hydrogens is 234 g/mol. The Balaban J connectivity index is 2.23. The molecule has 3 heteroatoms. The van der Waals surface area contributed by atoms with Crippen LogP contribution in [0.3, 0.4) is 0 Å². The molecule has 0 amide bonds. The van der Waals surface area contributed by atoms with E-state index < -0.39 is 11.6 Å². The third-order valence-corrected chi connectivity index (χ3v) is 3.26. The van der Waals surface area contributed by atoms with Gasteiger partial charge < -0.3 is 0 Å². The van der Waals surface area contributed by atoms with E-state index in [9.17, 15) is 13.6 Å². The molecule has 0 radical (unpaired) electrons. The van der Waals surface area contributed by atoms with Gasteiger partial charge in [0.1, 0.15) is 11.6 Å². The number of rotatable bonds is 2. The van der Waals surface area contributed by atoms with E-state index in [0.29, 0.717) is 12.0 Å². The van der Waals surface area contributed by atoms with E-state index in [4.69, 9.17) is 0 Å². The van der Waals surface area contributed by atoms with E-state index in [2.05, 4.69) is 0 Å². The van der Waals surface area contributed by atoms with Crippen LogP contribution in [0, 0.1) is 11.6 Å². The number of halogens is 2. The van der Waals surface area contributed by atoms with Crippen LogP contribution in [0.25, 0.3) is 0 Å². The molecule has 0 saturated heterocycles. The van der Waals surface area contributed by atoms with Crippen molar-refractivity contribution in [2.45, 2.75) is 38.5 Å². The summed E-state index contributed by atoms with van der Waals surface area (Å²) >= 11 is 0. The molecule has 0 bridgehead atoms. The molecule has 0 aliphatic heterocycles. The molecule has 0 heterocycles. The summed E-state index contributed by atoms with van der Waals surface area (Å²) in [4.78, 5) is 12.2. The Morgan fingerprint density at radius 3 is 2.61 bits per heavy atom. The average molecular weight is 250 g/mol. The van der Waals surface area contributed by atoms with Gasteiger partial charge in [0, 0.05) is 6.07 Å². The van der Waals surface area contributed by atoms with E-state index in [-0.39, 0.29) is 11.3 Å². The van der Waals surface area contributed by atoms with Crippen LogP contribution in [0.4, 0.5) is 8.78 Å². The molecule has 1 aromatic rings. The lowest BCUT2D eigenvalue weighted by atomic mass is 9.94. The Bertz CT molecular complexity index is 477. The molecule has 1 aliphatic carbocycles. The quantitative estimate of drug-likeness (QED) is 0.710. The van der Waals surface area contributed by atoms with Gasteiger partial charge in [0.2, 0.25) is 0 Å². The highest BCUT2D eigenvalue weighted by Crippen LogP contribution is 2.22. The van der Waals surface area contributed by atoms with Crippen molar-refractivity contribution in [3.05, 3.63) is 47.0 Å². The Kier molecular flexibility index (Phi) is 4.24. The van der Waals surface area contributed by atoms with E-state index in [1.807, 2.05) is 6.08 Å². The molecule has 0 spiro atoms. The molecule has 0 atom stereocenters. The minimum Gasteiger partial charge on any atom is -0.289 e. The maximum atomic E-state index is 13.5. The van der Waals surface area contributed by atoms with Crippen LogP contribution >= 0.6 is 0 Å². The SMILES string of the molecule is O=C(/C1=C/CCCCCC1)c1ccc(F)cc1F. The molecule has 1 nitrogen and oxygen atoms in total. The normalized spacial score (nSPS) is 19.6. The summed E-state index contributed by atoms with van der Waals surface area (Å²) in [5.74, 6) is -1.73. The predicted molar refractivity (Wildman–Crippen MR) is 66.5 cm³/mol. The molecule has 0 saturated carbocycles. The lowest BCUT2D eigenvalue weighted by molar-refractivity contribution is 0.102. The van der Waals surface area contributed by atoms with Crippen molar-refractivity contribution < 1.29 is 13.6 Å². The van der Waals surface area contributed by atoms with Crippen molar-refractivity contribution >= 4 is 5.78 Å². The number of ketones is 1. The molecular formula is C15H16F2O. The van der Waals surface area contributed by atoms with Crippen LogP contribution in [0.2, 0.25) is 0 Å². The van der Waals surface area contributed by atoms with Gasteiger partial charge in [-0.1, -0.05) is 18.9 Å². The largest absolute Gasteiger partial charge is 0.289 e. The van der Waals surface area contributed by atoms with Crippen molar-refractivity contribution in [3.63, 3.8) is 0 Å². The van der Waals surface area contributed by atoms with E-state index in [0.717, 1.165) is 37.8 Å². The van der Waals surface area contributed by atoms with Gasteiger partial charge in [0.15, 0.2) is 5.78 Å². The molecule has 0 N–H and O–H groups in total. The first kappa shape index (κ1) is 12.9. The Labute approximate surface area is 106 Å². The van der Waals surface area contributed by atoms with Crippen LogP contribution in [0.5, 0.6) is 0 Å². The second-order valence-corrected chi connectivity index (χ2v) is 4.64. The molecule has 2 rings (SSSR count). The lowest BCUT2D eigenvalue weighted by Crippen LogP contribution is -2.07. The highest BCUT2D eigenvalue weighted by molar-refractivity contribution is 6.08. The first-order valence-corrected chi connectivity index (χ1v) is 6.37. The number of benzene rings is 1. The fourth-order valence-electron chi connectivity index (χ4n) is 2.24. The van der Waals surface area contributed by atoms with E-state index in [1.165, 1.54) is 12.5 Å². The molecule has 18 heavy (non-hydrogen) atoms. The van der Waals surface area contributed by atoms with Gasteiger partial charge >= 0.3 is 0 Å². The van der Waals surface area contributed by atoms with Crippen LogP contribution < -0.4 is 0 Å². The molecule has 1 aliphatic rings. The minimum atomic E-state index is -0.775. The number of Topliss-reactive ketones (excluding diaryl/α,β-unsaturated/α-hetero) is 1. The zero-order valence-corrected chi connectivity index (χ0v) is 10.2. The topological polar surface area (TPSA) is 17.1 Å². The van der Waals surface area contributed by atoms with Crippen molar-refractivity contribution in [3.8, 4) is 0 Å². The van der Waals surface area contributed by atoms with Gasteiger partial charge in [-0.3, -0.25) is 4.79 Å². The zero-order chi connectivity index (χ0) is 13.0. The Morgan fingerprint density at radius 2 is 1.83 bits per heavy atom. The summed E-state index contributed by atoms with van der Waals surface area (Å²) in [5, 5.41) is 0. The van der Waals surface area contributed by atoms with Crippen molar-refractivity contribution in [2.24, 2.45) is 0 Å². The van der Waals surface area contributed by atoms with Gasteiger partial charge in [-0.05, 0) is 43.4 Å². The fraction of sp³-hybridized carbons (Fsp3) is 0.400. The maximum Gasteiger partial charge on any atom is 0.191 e. The third kappa shape index (κ3) is 3.03. The second-order valence-electron chi connectivity index (χ2n) is 4.64. The lowest BCUT2D eigenvalue weighted by Gasteiger charge is -2.11. The van der Waals surface area contributed by atoms with Gasteiger partial charge in [-0.25, -0.2) is 8.78 Å². The van der Waals surface area contributed by atoms with Crippen LogP contribution in [-0.4, -0.2) is 5.78 Å². The van der Waals surface area contributed by atoms with Gasteiger partial charge in [-0.2, -0.15) is 0 Å². The number of hydrogen-bond acceptors (Lipinski definition) is 1. The van der Waals surface area contributed by atoms with Crippen LogP contribution in [0.15, 0.2) is 29.8 Å². The molecule has 0 unspecified atom stereocenters. The predicted octanol–water partition coefficient (Wildman–Crippen LogP) is 4.43. The van der Waals surface area contributed by atoms with Crippen molar-refractivity contribution in [1.82, 2.24) is 0 Å². The van der Waals surface area contributed by atoms with Crippen molar-refractivity contribution in [1.29, 1.82) is 0 Å². The summed E-state index contributed by atoms with van der Waals surface area (Å²) < 4.78 is 26.4.